The molecule has 2 N–H and O–H groups in total. The van der Waals surface area contributed by atoms with Gasteiger partial charge in [-0.3, -0.25) is 10.4 Å². The van der Waals surface area contributed by atoms with Crippen LogP contribution < -0.4 is 10.2 Å². The number of anilines is 1. The average molecular weight is 364 g/mol. The summed E-state index contributed by atoms with van der Waals surface area (Å²) in [5, 5.41) is 15.4. The van der Waals surface area contributed by atoms with Gasteiger partial charge >= 0.3 is 0 Å². The molecule has 0 unspecified atom stereocenters. The van der Waals surface area contributed by atoms with Crippen molar-refractivity contribution in [1.82, 2.24) is 4.98 Å². The van der Waals surface area contributed by atoms with Gasteiger partial charge in [-0.25, -0.2) is 0 Å². The predicted octanol–water partition coefficient (Wildman–Crippen LogP) is 4.47. The van der Waals surface area contributed by atoms with Gasteiger partial charge in [-0.2, -0.15) is 5.10 Å². The molecule has 0 bridgehead atoms. The Morgan fingerprint density at radius 3 is 2.83 bits per heavy atom. The number of methoxy groups -OCH3 is 1. The van der Waals surface area contributed by atoms with E-state index in [-0.39, 0.29) is 18.2 Å². The lowest BCUT2D eigenvalue weighted by atomic mass is 10.2. The highest BCUT2D eigenvalue weighted by Gasteiger charge is 2.03. The maximum Gasteiger partial charge on any atom is 0.161 e. The number of aromatic hydroxyl groups is 1. The van der Waals surface area contributed by atoms with Crippen molar-refractivity contribution in [3.63, 3.8) is 0 Å². The van der Waals surface area contributed by atoms with E-state index < -0.39 is 0 Å². The minimum Gasteiger partial charge on any atom is -0.504 e. The maximum absolute atomic E-state index is 9.58. The molecular formula is C17H15Cl2N3O2. The fourth-order valence-corrected chi connectivity index (χ4v) is 2.34. The second kappa shape index (κ2) is 7.86. The van der Waals surface area contributed by atoms with Gasteiger partial charge in [0.25, 0.3) is 0 Å². The van der Waals surface area contributed by atoms with Gasteiger partial charge in [-0.1, -0.05) is 11.6 Å². The Labute approximate surface area is 150 Å². The number of phenols is 1. The van der Waals surface area contributed by atoms with E-state index in [1.807, 2.05) is 18.2 Å². The topological polar surface area (TPSA) is 66.7 Å². The van der Waals surface area contributed by atoms with Crippen molar-refractivity contribution in [3.8, 4) is 11.5 Å². The molecule has 0 amide bonds. The van der Waals surface area contributed by atoms with Gasteiger partial charge in [0.2, 0.25) is 0 Å². The summed E-state index contributed by atoms with van der Waals surface area (Å²) in [6.07, 6.45) is 3.34. The third kappa shape index (κ3) is 3.88. The number of nitrogens with zero attached hydrogens (tertiary/aromatic N) is 2. The van der Waals surface area contributed by atoms with Crippen molar-refractivity contribution in [2.24, 2.45) is 5.10 Å². The molecule has 0 saturated carbocycles. The zero-order valence-electron chi connectivity index (χ0n) is 12.7. The average Bonchev–Trinajstić information content (AvgIpc) is 2.56. The summed E-state index contributed by atoms with van der Waals surface area (Å²) in [5.41, 5.74) is 5.41. The first-order valence-electron chi connectivity index (χ1n) is 6.88. The second-order valence-electron chi connectivity index (χ2n) is 4.82. The molecule has 7 heteroatoms. The van der Waals surface area contributed by atoms with E-state index in [0.29, 0.717) is 10.8 Å². The Hall–Kier alpha value is -2.50. The fraction of sp³-hybridized carbons (Fsp3) is 0.0588. The summed E-state index contributed by atoms with van der Waals surface area (Å²) in [6, 6.07) is 12.3. The predicted molar refractivity (Wildman–Crippen MR) is 99.9 cm³/mol. The number of aromatic nitrogens is 1. The van der Waals surface area contributed by atoms with Crippen LogP contribution in [0.4, 0.5) is 5.69 Å². The smallest absolute Gasteiger partial charge is 0.161 e. The van der Waals surface area contributed by atoms with E-state index in [1.165, 1.54) is 7.11 Å². The first kappa shape index (κ1) is 17.8. The van der Waals surface area contributed by atoms with E-state index in [9.17, 15) is 5.11 Å². The van der Waals surface area contributed by atoms with Crippen molar-refractivity contribution in [1.29, 1.82) is 0 Å². The van der Waals surface area contributed by atoms with Crippen molar-refractivity contribution in [3.05, 3.63) is 59.2 Å². The Balaban J connectivity index is 0.00000208. The lowest BCUT2D eigenvalue weighted by molar-refractivity contribution is 0.373. The zero-order chi connectivity index (χ0) is 16.2. The SMILES string of the molecule is COc1cc(/C=N/Nc2ccnc3cc(Cl)ccc23)ccc1O.Cl. The molecule has 0 saturated heterocycles. The Morgan fingerprint density at radius 1 is 1.21 bits per heavy atom. The normalized spacial score (nSPS) is 10.6. The van der Waals surface area contributed by atoms with Crippen molar-refractivity contribution in [2.45, 2.75) is 0 Å². The summed E-state index contributed by atoms with van der Waals surface area (Å²) in [4.78, 5) is 4.28. The zero-order valence-corrected chi connectivity index (χ0v) is 14.3. The lowest BCUT2D eigenvalue weighted by Crippen LogP contribution is -1.93. The second-order valence-corrected chi connectivity index (χ2v) is 5.26. The van der Waals surface area contributed by atoms with E-state index >= 15 is 0 Å². The molecule has 24 heavy (non-hydrogen) atoms. The minimum absolute atomic E-state index is 0. The molecule has 0 aliphatic heterocycles. The fourth-order valence-electron chi connectivity index (χ4n) is 2.17. The summed E-state index contributed by atoms with van der Waals surface area (Å²) >= 11 is 5.97. The highest BCUT2D eigenvalue weighted by Crippen LogP contribution is 2.26. The van der Waals surface area contributed by atoms with Gasteiger partial charge in [0.05, 0.1) is 24.5 Å². The molecule has 3 rings (SSSR count). The Kier molecular flexibility index (Phi) is 5.84. The number of hydrogen-bond acceptors (Lipinski definition) is 5. The van der Waals surface area contributed by atoms with Gasteiger partial charge in [0, 0.05) is 16.6 Å². The molecule has 2 aromatic carbocycles. The van der Waals surface area contributed by atoms with Crippen LogP contribution in [0.2, 0.25) is 5.02 Å². The first-order valence-corrected chi connectivity index (χ1v) is 7.25. The molecule has 0 atom stereocenters. The standard InChI is InChI=1S/C17H14ClN3O2.ClH/c1-23-17-8-11(2-5-16(17)22)10-20-21-14-6-7-19-15-9-12(18)3-4-13(14)15;/h2-10,22H,1H3,(H,19,21);1H/b20-10+;. The van der Waals surface area contributed by atoms with Crippen LogP contribution in [0.25, 0.3) is 10.9 Å². The molecule has 1 heterocycles. The molecule has 5 nitrogen and oxygen atoms in total. The molecular weight excluding hydrogens is 349 g/mol. The molecule has 0 fully saturated rings. The van der Waals surface area contributed by atoms with Crippen LogP contribution in [0.1, 0.15) is 5.56 Å². The monoisotopic (exact) mass is 363 g/mol. The third-order valence-corrected chi connectivity index (χ3v) is 3.54. The molecule has 1 aromatic heterocycles. The molecule has 0 spiro atoms. The van der Waals surface area contributed by atoms with Crippen LogP contribution in [0, 0.1) is 0 Å². The number of ether oxygens (including phenoxy) is 1. The number of hydrazone groups is 1. The van der Waals surface area contributed by atoms with Gasteiger partial charge < -0.3 is 9.84 Å². The Bertz CT molecular complexity index is 885. The largest absolute Gasteiger partial charge is 0.504 e. The minimum atomic E-state index is 0. The molecule has 0 aliphatic rings. The van der Waals surface area contributed by atoms with E-state index in [2.05, 4.69) is 15.5 Å². The summed E-state index contributed by atoms with van der Waals surface area (Å²) in [6.45, 7) is 0. The van der Waals surface area contributed by atoms with Gasteiger partial charge in [0.15, 0.2) is 11.5 Å². The number of benzene rings is 2. The molecule has 0 aliphatic carbocycles. The van der Waals surface area contributed by atoms with Crippen molar-refractivity contribution < 1.29 is 9.84 Å². The molecule has 3 aromatic rings. The highest BCUT2D eigenvalue weighted by molar-refractivity contribution is 6.31. The number of phenolic OH excluding ortho intramolecular Hbond substituents is 1. The van der Waals surface area contributed by atoms with E-state index in [0.717, 1.165) is 22.2 Å². The van der Waals surface area contributed by atoms with Crippen LogP contribution in [-0.2, 0) is 0 Å². The van der Waals surface area contributed by atoms with E-state index in [4.69, 9.17) is 16.3 Å². The highest BCUT2D eigenvalue weighted by atomic mass is 35.5. The first-order chi connectivity index (χ1) is 11.2. The van der Waals surface area contributed by atoms with Gasteiger partial charge in [0.1, 0.15) is 0 Å². The van der Waals surface area contributed by atoms with Crippen molar-refractivity contribution in [2.75, 3.05) is 12.5 Å². The van der Waals surface area contributed by atoms with Crippen molar-refractivity contribution >= 4 is 46.8 Å². The number of rotatable bonds is 4. The number of hydrogen-bond donors (Lipinski definition) is 2. The number of nitrogens with one attached hydrogen (secondary N) is 1. The summed E-state index contributed by atoms with van der Waals surface area (Å²) < 4.78 is 5.07. The van der Waals surface area contributed by atoms with E-state index in [1.54, 1.807) is 36.7 Å². The van der Waals surface area contributed by atoms with Crippen LogP contribution in [0.5, 0.6) is 11.5 Å². The summed E-state index contributed by atoms with van der Waals surface area (Å²) in [7, 11) is 1.50. The van der Waals surface area contributed by atoms with Crippen LogP contribution in [0.15, 0.2) is 53.8 Å². The third-order valence-electron chi connectivity index (χ3n) is 3.31. The van der Waals surface area contributed by atoms with Gasteiger partial charge in [-0.15, -0.1) is 12.4 Å². The van der Waals surface area contributed by atoms with Crippen LogP contribution in [-0.4, -0.2) is 23.4 Å². The Morgan fingerprint density at radius 2 is 2.04 bits per heavy atom. The lowest BCUT2D eigenvalue weighted by Gasteiger charge is -2.06. The number of halogens is 2. The quantitative estimate of drug-likeness (QED) is 0.530. The maximum atomic E-state index is 9.58. The van der Waals surface area contributed by atoms with Gasteiger partial charge in [-0.05, 0) is 48.0 Å². The summed E-state index contributed by atoms with van der Waals surface area (Å²) in [5.74, 6) is 0.493. The van der Waals surface area contributed by atoms with Crippen LogP contribution in [0.3, 0.4) is 0 Å². The van der Waals surface area contributed by atoms with Crippen LogP contribution >= 0.6 is 24.0 Å². The number of pyridine rings is 1. The number of fused-ring (bicyclic) bond motifs is 1. The molecule has 124 valence electrons. The molecule has 0 radical (unpaired) electrons.